The van der Waals surface area contributed by atoms with E-state index >= 15 is 0 Å². The van der Waals surface area contributed by atoms with Crippen molar-refractivity contribution in [2.45, 2.75) is 57.8 Å². The number of nitrogens with zero attached hydrogens (tertiary/aromatic N) is 1. The van der Waals surface area contributed by atoms with E-state index in [0.717, 1.165) is 5.69 Å². The molecule has 0 radical (unpaired) electrons. The van der Waals surface area contributed by atoms with Crippen molar-refractivity contribution < 1.29 is 0 Å². The Balaban J connectivity index is 1.33. The predicted molar refractivity (Wildman–Crippen MR) is 205 cm³/mol. The van der Waals surface area contributed by atoms with Crippen molar-refractivity contribution in [1.29, 1.82) is 0 Å². The molecule has 9 rings (SSSR count). The summed E-state index contributed by atoms with van der Waals surface area (Å²) < 4.78 is 0. The van der Waals surface area contributed by atoms with Crippen LogP contribution in [0.25, 0.3) is 43.8 Å². The number of rotatable bonds is 3. The highest BCUT2D eigenvalue weighted by Gasteiger charge is 2.46. The lowest BCUT2D eigenvalue weighted by atomic mass is 9.55. The quantitative estimate of drug-likeness (QED) is 0.178. The molecule has 0 amide bonds. The Labute approximate surface area is 284 Å². The summed E-state index contributed by atoms with van der Waals surface area (Å²) in [5.41, 5.74) is 14.4. The molecule has 0 spiro atoms. The molecule has 1 heteroatoms. The Morgan fingerprint density at radius 2 is 0.958 bits per heavy atom. The van der Waals surface area contributed by atoms with Crippen LogP contribution in [0.3, 0.4) is 0 Å². The molecule has 0 aliphatic heterocycles. The van der Waals surface area contributed by atoms with Crippen molar-refractivity contribution in [3.63, 3.8) is 0 Å². The van der Waals surface area contributed by atoms with Crippen LogP contribution in [0.4, 0.5) is 17.1 Å². The number of para-hydroxylation sites is 1. The first-order chi connectivity index (χ1) is 23.1. The maximum atomic E-state index is 2.50. The van der Waals surface area contributed by atoms with E-state index in [4.69, 9.17) is 0 Å². The van der Waals surface area contributed by atoms with Crippen LogP contribution in [0.1, 0.15) is 63.8 Å². The summed E-state index contributed by atoms with van der Waals surface area (Å²) in [5, 5.41) is 5.11. The summed E-state index contributed by atoms with van der Waals surface area (Å²) in [6, 6.07) is 52.3. The summed E-state index contributed by atoms with van der Waals surface area (Å²) in [6.45, 7) is 14.4. The van der Waals surface area contributed by atoms with Gasteiger partial charge in [-0.15, -0.1) is 0 Å². The van der Waals surface area contributed by atoms with E-state index in [-0.39, 0.29) is 16.2 Å². The monoisotopic (exact) mass is 619 g/mol. The molecule has 0 saturated carbocycles. The number of hydrogen-bond acceptors (Lipinski definition) is 1. The molecule has 48 heavy (non-hydrogen) atoms. The fourth-order valence-corrected chi connectivity index (χ4v) is 8.83. The number of benzene rings is 7. The Morgan fingerprint density at radius 3 is 1.71 bits per heavy atom. The molecule has 0 unspecified atom stereocenters. The summed E-state index contributed by atoms with van der Waals surface area (Å²) in [4.78, 5) is 2.48. The second-order valence-corrected chi connectivity index (χ2v) is 15.4. The zero-order valence-electron chi connectivity index (χ0n) is 28.7. The molecule has 7 aromatic rings. The Kier molecular flexibility index (Phi) is 6.01. The summed E-state index contributed by atoms with van der Waals surface area (Å²) in [6.07, 6.45) is 0. The Morgan fingerprint density at radius 1 is 0.375 bits per heavy atom. The van der Waals surface area contributed by atoms with E-state index < -0.39 is 0 Å². The van der Waals surface area contributed by atoms with Crippen molar-refractivity contribution in [2.75, 3.05) is 4.90 Å². The first kappa shape index (κ1) is 29.0. The van der Waals surface area contributed by atoms with Crippen molar-refractivity contribution in [1.82, 2.24) is 0 Å². The topological polar surface area (TPSA) is 3.24 Å². The largest absolute Gasteiger partial charge is 0.310 e. The molecular formula is C47H41N. The van der Waals surface area contributed by atoms with E-state index in [1.807, 2.05) is 0 Å². The first-order valence-corrected chi connectivity index (χ1v) is 17.3. The standard InChI is InChI=1S/C47H41N/c1-45(2)40-22-14-12-19-34(40)36-25-24-32(28-42(36)45)48(31-16-8-7-9-17-31)44-27-30-26-43-39(29-38(30)33-18-10-11-21-37(33)44)35-20-13-15-23-41(35)46(3,4)47(43,5)6/h7-29H,1-6H3. The van der Waals surface area contributed by atoms with Crippen LogP contribution in [-0.2, 0) is 16.2 Å². The Hall–Kier alpha value is -5.14. The highest BCUT2D eigenvalue weighted by atomic mass is 15.1. The minimum Gasteiger partial charge on any atom is -0.310 e. The smallest absolute Gasteiger partial charge is 0.0546 e. The van der Waals surface area contributed by atoms with Crippen LogP contribution in [0.2, 0.25) is 0 Å². The van der Waals surface area contributed by atoms with E-state index in [0.29, 0.717) is 0 Å². The molecule has 2 aliphatic carbocycles. The lowest BCUT2D eigenvalue weighted by Crippen LogP contribution is -2.43. The second kappa shape index (κ2) is 9.94. The SMILES string of the molecule is CC1(C)c2ccccc2-c2ccc(N(c3ccccc3)c3cc4cc5c(cc4c4ccccc34)-c3ccccc3C(C)(C)C5(C)C)cc21. The number of fused-ring (bicyclic) bond motifs is 9. The van der Waals surface area contributed by atoms with E-state index in [9.17, 15) is 0 Å². The highest BCUT2D eigenvalue weighted by Crippen LogP contribution is 2.56. The number of hydrogen-bond donors (Lipinski definition) is 0. The van der Waals surface area contributed by atoms with Gasteiger partial charge in [-0.2, -0.15) is 0 Å². The van der Waals surface area contributed by atoms with Gasteiger partial charge in [0.25, 0.3) is 0 Å². The van der Waals surface area contributed by atoms with Crippen LogP contribution in [0, 0.1) is 0 Å². The van der Waals surface area contributed by atoms with Gasteiger partial charge in [-0.3, -0.25) is 0 Å². The Bertz CT molecular complexity index is 2430. The summed E-state index contributed by atoms with van der Waals surface area (Å²) in [5.74, 6) is 0. The molecule has 0 saturated heterocycles. The van der Waals surface area contributed by atoms with Crippen molar-refractivity contribution in [3.05, 3.63) is 162 Å². The van der Waals surface area contributed by atoms with Gasteiger partial charge >= 0.3 is 0 Å². The molecule has 7 aromatic carbocycles. The predicted octanol–water partition coefficient (Wildman–Crippen LogP) is 13.0. The van der Waals surface area contributed by atoms with Crippen LogP contribution >= 0.6 is 0 Å². The molecule has 0 fully saturated rings. The lowest BCUT2D eigenvalue weighted by Gasteiger charge is -2.48. The van der Waals surface area contributed by atoms with Gasteiger partial charge in [-0.1, -0.05) is 139 Å². The minimum atomic E-state index is -0.0799. The molecule has 2 aliphatic rings. The zero-order chi connectivity index (χ0) is 33.0. The molecule has 0 heterocycles. The normalized spacial score (nSPS) is 16.2. The van der Waals surface area contributed by atoms with Crippen molar-refractivity contribution in [3.8, 4) is 22.3 Å². The minimum absolute atomic E-state index is 0.0190. The molecule has 0 aromatic heterocycles. The average molecular weight is 620 g/mol. The van der Waals surface area contributed by atoms with Gasteiger partial charge in [0, 0.05) is 22.2 Å². The summed E-state index contributed by atoms with van der Waals surface area (Å²) >= 11 is 0. The highest BCUT2D eigenvalue weighted by molar-refractivity contribution is 6.16. The third-order valence-corrected chi connectivity index (χ3v) is 12.2. The lowest BCUT2D eigenvalue weighted by molar-refractivity contribution is 0.299. The third-order valence-electron chi connectivity index (χ3n) is 12.2. The molecule has 234 valence electrons. The fraction of sp³-hybridized carbons (Fsp3) is 0.191. The van der Waals surface area contributed by atoms with Crippen molar-refractivity contribution in [2.24, 2.45) is 0 Å². The molecule has 0 N–H and O–H groups in total. The van der Waals surface area contributed by atoms with E-state index in [1.165, 1.54) is 77.4 Å². The molecule has 0 atom stereocenters. The first-order valence-electron chi connectivity index (χ1n) is 17.3. The second-order valence-electron chi connectivity index (χ2n) is 15.4. The maximum Gasteiger partial charge on any atom is 0.0546 e. The zero-order valence-corrected chi connectivity index (χ0v) is 28.7. The van der Waals surface area contributed by atoms with Crippen LogP contribution in [0.5, 0.6) is 0 Å². The van der Waals surface area contributed by atoms with Gasteiger partial charge in [0.15, 0.2) is 0 Å². The van der Waals surface area contributed by atoms with Gasteiger partial charge in [0.1, 0.15) is 0 Å². The van der Waals surface area contributed by atoms with Gasteiger partial charge in [-0.05, 0) is 114 Å². The van der Waals surface area contributed by atoms with Crippen molar-refractivity contribution >= 4 is 38.6 Å². The van der Waals surface area contributed by atoms with Gasteiger partial charge in [-0.25, -0.2) is 0 Å². The maximum absolute atomic E-state index is 2.50. The van der Waals surface area contributed by atoms with Gasteiger partial charge in [0.2, 0.25) is 0 Å². The number of anilines is 3. The van der Waals surface area contributed by atoms with Crippen LogP contribution in [-0.4, -0.2) is 0 Å². The fourth-order valence-electron chi connectivity index (χ4n) is 8.83. The van der Waals surface area contributed by atoms with E-state index in [1.54, 1.807) is 0 Å². The van der Waals surface area contributed by atoms with Gasteiger partial charge in [0.05, 0.1) is 5.69 Å². The summed E-state index contributed by atoms with van der Waals surface area (Å²) in [7, 11) is 0. The molecular weight excluding hydrogens is 579 g/mol. The van der Waals surface area contributed by atoms with E-state index in [2.05, 4.69) is 186 Å². The molecule has 0 bridgehead atoms. The van der Waals surface area contributed by atoms with Gasteiger partial charge < -0.3 is 4.90 Å². The third kappa shape index (κ3) is 3.85. The average Bonchev–Trinajstić information content (AvgIpc) is 3.33. The van der Waals surface area contributed by atoms with Crippen LogP contribution in [0.15, 0.2) is 140 Å². The molecule has 1 nitrogen and oxygen atoms in total. The van der Waals surface area contributed by atoms with Crippen LogP contribution < -0.4 is 4.90 Å².